The van der Waals surface area contributed by atoms with Gasteiger partial charge in [-0.25, -0.2) is 0 Å². The molecule has 0 aliphatic heterocycles. The molecule has 0 saturated carbocycles. The molecule has 0 aliphatic carbocycles. The molecule has 32 heavy (non-hydrogen) atoms. The van der Waals surface area contributed by atoms with E-state index in [1.54, 1.807) is 25.3 Å². The van der Waals surface area contributed by atoms with Gasteiger partial charge in [-0.2, -0.15) is 0 Å². The molecule has 0 aliphatic rings. The van der Waals surface area contributed by atoms with Gasteiger partial charge in [-0.3, -0.25) is 4.79 Å². The summed E-state index contributed by atoms with van der Waals surface area (Å²) >= 11 is 0. The summed E-state index contributed by atoms with van der Waals surface area (Å²) in [6.45, 7) is 2.79. The second-order valence-corrected chi connectivity index (χ2v) is 7.08. The quantitative estimate of drug-likeness (QED) is 0.285. The third-order valence-corrected chi connectivity index (χ3v) is 4.45. The van der Waals surface area contributed by atoms with Crippen molar-refractivity contribution in [1.82, 2.24) is 5.32 Å². The SMILES string of the molecule is COCCOc1ccc(OCC(O)CNCCCCOc2ccc(O)c(C(N)=O)c2)cc1. The lowest BCUT2D eigenvalue weighted by Gasteiger charge is -2.14. The topological polar surface area (TPSA) is 132 Å². The number of primary amides is 1. The normalized spacial score (nSPS) is 11.7. The maximum atomic E-state index is 11.2. The minimum absolute atomic E-state index is 0.0340. The lowest BCUT2D eigenvalue weighted by atomic mass is 10.2. The van der Waals surface area contributed by atoms with Crippen molar-refractivity contribution in [2.24, 2.45) is 5.73 Å². The van der Waals surface area contributed by atoms with Gasteiger partial charge in [-0.15, -0.1) is 0 Å². The molecule has 9 heteroatoms. The van der Waals surface area contributed by atoms with Crippen LogP contribution in [0.5, 0.6) is 23.0 Å². The molecule has 1 unspecified atom stereocenters. The molecule has 2 rings (SSSR count). The molecule has 0 fully saturated rings. The largest absolute Gasteiger partial charge is 0.507 e. The first-order valence-corrected chi connectivity index (χ1v) is 10.5. The van der Waals surface area contributed by atoms with Gasteiger partial charge in [0.25, 0.3) is 5.91 Å². The number of hydrogen-bond donors (Lipinski definition) is 4. The van der Waals surface area contributed by atoms with Crippen molar-refractivity contribution in [2.75, 3.05) is 46.6 Å². The number of unbranched alkanes of at least 4 members (excludes halogenated alkanes) is 1. The number of nitrogens with one attached hydrogen (secondary N) is 1. The Bertz CT molecular complexity index is 814. The molecule has 0 bridgehead atoms. The van der Waals surface area contributed by atoms with Gasteiger partial charge < -0.3 is 40.2 Å². The van der Waals surface area contributed by atoms with Crippen molar-refractivity contribution in [3.8, 4) is 23.0 Å². The Kier molecular flexibility index (Phi) is 11.1. The zero-order chi connectivity index (χ0) is 23.2. The van der Waals surface area contributed by atoms with Crippen LogP contribution in [0.15, 0.2) is 42.5 Å². The van der Waals surface area contributed by atoms with E-state index in [-0.39, 0.29) is 17.9 Å². The number of carbonyl (C=O) groups is 1. The Morgan fingerprint density at radius 2 is 1.62 bits per heavy atom. The van der Waals surface area contributed by atoms with Crippen molar-refractivity contribution in [1.29, 1.82) is 0 Å². The number of phenols is 1. The molecule has 0 saturated heterocycles. The van der Waals surface area contributed by atoms with E-state index in [1.807, 2.05) is 12.1 Å². The van der Waals surface area contributed by atoms with Crippen LogP contribution in [0.4, 0.5) is 0 Å². The van der Waals surface area contributed by atoms with E-state index in [2.05, 4.69) is 5.32 Å². The van der Waals surface area contributed by atoms with Crippen LogP contribution in [0.25, 0.3) is 0 Å². The molecule has 2 aromatic rings. The summed E-state index contributed by atoms with van der Waals surface area (Å²) in [5.74, 6) is 1.00. The van der Waals surface area contributed by atoms with Gasteiger partial charge >= 0.3 is 0 Å². The molecule has 0 aromatic heterocycles. The highest BCUT2D eigenvalue weighted by molar-refractivity contribution is 5.95. The lowest BCUT2D eigenvalue weighted by molar-refractivity contribution is 0.0997. The van der Waals surface area contributed by atoms with Gasteiger partial charge in [0.15, 0.2) is 0 Å². The minimum atomic E-state index is -0.705. The number of aromatic hydroxyl groups is 1. The van der Waals surface area contributed by atoms with E-state index in [4.69, 9.17) is 24.7 Å². The number of benzene rings is 2. The molecular formula is C23H32N2O7. The van der Waals surface area contributed by atoms with E-state index < -0.39 is 12.0 Å². The molecule has 0 radical (unpaired) electrons. The van der Waals surface area contributed by atoms with Gasteiger partial charge in [-0.1, -0.05) is 0 Å². The van der Waals surface area contributed by atoms with Crippen molar-refractivity contribution in [3.63, 3.8) is 0 Å². The Morgan fingerprint density at radius 1 is 0.969 bits per heavy atom. The number of methoxy groups -OCH3 is 1. The Hall–Kier alpha value is -3.01. The van der Waals surface area contributed by atoms with Crippen LogP contribution in [0.2, 0.25) is 0 Å². The molecule has 0 heterocycles. The summed E-state index contributed by atoms with van der Waals surface area (Å²) < 4.78 is 21.6. The number of carbonyl (C=O) groups excluding carboxylic acids is 1. The van der Waals surface area contributed by atoms with Crippen molar-refractivity contribution in [2.45, 2.75) is 18.9 Å². The van der Waals surface area contributed by atoms with Crippen LogP contribution < -0.4 is 25.3 Å². The summed E-state index contributed by atoms with van der Waals surface area (Å²) in [6, 6.07) is 11.6. The second-order valence-electron chi connectivity index (χ2n) is 7.08. The monoisotopic (exact) mass is 448 g/mol. The van der Waals surface area contributed by atoms with Crippen LogP contribution in [0, 0.1) is 0 Å². The molecule has 2 aromatic carbocycles. The maximum absolute atomic E-state index is 11.2. The number of aliphatic hydroxyl groups excluding tert-OH is 1. The molecule has 1 atom stereocenters. The molecular weight excluding hydrogens is 416 g/mol. The zero-order valence-electron chi connectivity index (χ0n) is 18.3. The third kappa shape index (κ3) is 9.42. The fourth-order valence-electron chi connectivity index (χ4n) is 2.74. The van der Waals surface area contributed by atoms with Gasteiger partial charge in [0, 0.05) is 13.7 Å². The van der Waals surface area contributed by atoms with Crippen LogP contribution in [0.3, 0.4) is 0 Å². The van der Waals surface area contributed by atoms with E-state index in [0.29, 0.717) is 37.9 Å². The highest BCUT2D eigenvalue weighted by atomic mass is 16.5. The van der Waals surface area contributed by atoms with E-state index in [1.165, 1.54) is 12.1 Å². The highest BCUT2D eigenvalue weighted by Crippen LogP contribution is 2.22. The highest BCUT2D eigenvalue weighted by Gasteiger charge is 2.09. The van der Waals surface area contributed by atoms with Crippen LogP contribution in [0.1, 0.15) is 23.2 Å². The van der Waals surface area contributed by atoms with Gasteiger partial charge in [-0.05, 0) is 61.9 Å². The summed E-state index contributed by atoms with van der Waals surface area (Å²) in [6.07, 6.45) is 0.998. The van der Waals surface area contributed by atoms with Crippen LogP contribution >= 0.6 is 0 Å². The zero-order valence-corrected chi connectivity index (χ0v) is 18.3. The maximum Gasteiger partial charge on any atom is 0.252 e. The summed E-state index contributed by atoms with van der Waals surface area (Å²) in [5.41, 5.74) is 5.23. The first-order valence-electron chi connectivity index (χ1n) is 10.5. The van der Waals surface area contributed by atoms with Crippen molar-refractivity contribution in [3.05, 3.63) is 48.0 Å². The molecule has 9 nitrogen and oxygen atoms in total. The van der Waals surface area contributed by atoms with Crippen LogP contribution in [-0.4, -0.2) is 68.9 Å². The number of amides is 1. The smallest absolute Gasteiger partial charge is 0.252 e. The first-order chi connectivity index (χ1) is 15.5. The van der Waals surface area contributed by atoms with Crippen molar-refractivity contribution < 1.29 is 34.0 Å². The third-order valence-electron chi connectivity index (χ3n) is 4.45. The summed E-state index contributed by atoms with van der Waals surface area (Å²) in [5, 5.41) is 22.8. The minimum Gasteiger partial charge on any atom is -0.507 e. The molecule has 0 spiro atoms. The van der Waals surface area contributed by atoms with Crippen molar-refractivity contribution >= 4 is 5.91 Å². The number of ether oxygens (including phenoxy) is 4. The second kappa shape index (κ2) is 14.1. The summed E-state index contributed by atoms with van der Waals surface area (Å²) in [4.78, 5) is 11.2. The number of nitrogens with two attached hydrogens (primary N) is 1. The van der Waals surface area contributed by atoms with E-state index >= 15 is 0 Å². The Morgan fingerprint density at radius 3 is 2.31 bits per heavy atom. The van der Waals surface area contributed by atoms with E-state index in [9.17, 15) is 15.0 Å². The number of aliphatic hydroxyl groups is 1. The first kappa shape index (κ1) is 25.3. The van der Waals surface area contributed by atoms with Gasteiger partial charge in [0.2, 0.25) is 0 Å². The predicted molar refractivity (Wildman–Crippen MR) is 120 cm³/mol. The number of hydrogen-bond acceptors (Lipinski definition) is 8. The standard InChI is InChI=1S/C23H32N2O7/c1-29-12-13-31-18-4-6-19(7-5-18)32-16-17(26)15-25-10-2-3-11-30-20-8-9-22(27)21(14-20)23(24)28/h4-9,14,17,25-27H,2-3,10-13,15-16H2,1H3,(H2,24,28). The average Bonchev–Trinajstić information content (AvgIpc) is 2.79. The molecule has 5 N–H and O–H groups in total. The summed E-state index contributed by atoms with van der Waals surface area (Å²) in [7, 11) is 1.62. The van der Waals surface area contributed by atoms with E-state index in [0.717, 1.165) is 25.1 Å². The molecule has 1 amide bonds. The Balaban J connectivity index is 1.53. The fourth-order valence-corrected chi connectivity index (χ4v) is 2.74. The van der Waals surface area contributed by atoms with Gasteiger partial charge in [0.1, 0.15) is 42.3 Å². The predicted octanol–water partition coefficient (Wildman–Crippen LogP) is 1.70. The number of rotatable bonds is 16. The Labute approximate surface area is 188 Å². The lowest BCUT2D eigenvalue weighted by Crippen LogP contribution is -2.32. The fraction of sp³-hybridized carbons (Fsp3) is 0.435. The van der Waals surface area contributed by atoms with Gasteiger partial charge in [0.05, 0.1) is 18.8 Å². The average molecular weight is 449 g/mol. The van der Waals surface area contributed by atoms with Crippen LogP contribution in [-0.2, 0) is 4.74 Å². The molecule has 176 valence electrons.